The number of hydrogen-bond acceptors (Lipinski definition) is 0. The highest BCUT2D eigenvalue weighted by Crippen LogP contribution is 2.30. The molecule has 3 aromatic rings. The topological polar surface area (TPSA) is 0 Å². The largest absolute Gasteiger partial charge is 0.206 e. The molecule has 0 aromatic heterocycles. The summed E-state index contributed by atoms with van der Waals surface area (Å²) in [5.41, 5.74) is 0. The molecule has 0 radical (unpaired) electrons. The SMILES string of the molecule is Fc1ccc2ccc3cccc(F)c3c2c1F. The highest BCUT2D eigenvalue weighted by molar-refractivity contribution is 6.08. The molecule has 0 bridgehead atoms. The second kappa shape index (κ2) is 3.48. The van der Waals surface area contributed by atoms with Gasteiger partial charge in [-0.3, -0.25) is 0 Å². The summed E-state index contributed by atoms with van der Waals surface area (Å²) in [7, 11) is 0. The van der Waals surface area contributed by atoms with Crippen molar-refractivity contribution in [3.8, 4) is 0 Å². The summed E-state index contributed by atoms with van der Waals surface area (Å²) in [6, 6.07) is 10.3. The van der Waals surface area contributed by atoms with E-state index in [4.69, 9.17) is 0 Å². The highest BCUT2D eigenvalue weighted by Gasteiger charge is 2.12. The molecule has 0 fully saturated rings. The third-order valence-corrected chi connectivity index (χ3v) is 2.87. The number of hydrogen-bond donors (Lipinski definition) is 0. The van der Waals surface area contributed by atoms with Crippen molar-refractivity contribution < 1.29 is 13.2 Å². The lowest BCUT2D eigenvalue weighted by Gasteiger charge is -2.06. The van der Waals surface area contributed by atoms with Gasteiger partial charge in [-0.05, 0) is 22.9 Å². The number of fused-ring (bicyclic) bond motifs is 3. The number of rotatable bonds is 0. The second-order valence-corrected chi connectivity index (χ2v) is 3.86. The van der Waals surface area contributed by atoms with Crippen LogP contribution in [0, 0.1) is 17.5 Å². The Kier molecular flexibility index (Phi) is 2.08. The average molecular weight is 232 g/mol. The van der Waals surface area contributed by atoms with Crippen LogP contribution in [0.5, 0.6) is 0 Å². The van der Waals surface area contributed by atoms with E-state index in [1.54, 1.807) is 24.3 Å². The number of benzene rings is 3. The first-order valence-corrected chi connectivity index (χ1v) is 5.13. The first kappa shape index (κ1) is 10.1. The normalized spacial score (nSPS) is 11.2. The standard InChI is InChI=1S/C14H7F3/c15-10-3-1-2-8-4-5-9-6-7-11(16)14(17)13(9)12(8)10/h1-7H. The molecule has 0 nitrogen and oxygen atoms in total. The van der Waals surface area contributed by atoms with Gasteiger partial charge in [-0.15, -0.1) is 0 Å². The van der Waals surface area contributed by atoms with Gasteiger partial charge in [0.05, 0.1) is 0 Å². The van der Waals surface area contributed by atoms with Gasteiger partial charge >= 0.3 is 0 Å². The molecule has 84 valence electrons. The maximum atomic E-state index is 13.8. The van der Waals surface area contributed by atoms with Gasteiger partial charge in [-0.25, -0.2) is 13.2 Å². The molecule has 17 heavy (non-hydrogen) atoms. The summed E-state index contributed by atoms with van der Waals surface area (Å²) in [6.07, 6.45) is 0. The smallest absolute Gasteiger partial charge is 0.167 e. The minimum Gasteiger partial charge on any atom is -0.206 e. The van der Waals surface area contributed by atoms with Gasteiger partial charge in [0.2, 0.25) is 0 Å². The van der Waals surface area contributed by atoms with Crippen LogP contribution in [0.3, 0.4) is 0 Å². The molecule has 0 saturated heterocycles. The maximum absolute atomic E-state index is 13.8. The lowest BCUT2D eigenvalue weighted by Crippen LogP contribution is -1.89. The zero-order valence-electron chi connectivity index (χ0n) is 8.68. The summed E-state index contributed by atoms with van der Waals surface area (Å²) in [4.78, 5) is 0. The van der Waals surface area contributed by atoms with Gasteiger partial charge in [-0.2, -0.15) is 0 Å². The molecule has 0 saturated carbocycles. The predicted molar refractivity (Wildman–Crippen MR) is 61.3 cm³/mol. The zero-order valence-corrected chi connectivity index (χ0v) is 8.68. The van der Waals surface area contributed by atoms with Crippen LogP contribution in [0.1, 0.15) is 0 Å². The van der Waals surface area contributed by atoms with E-state index in [0.29, 0.717) is 10.8 Å². The first-order valence-electron chi connectivity index (χ1n) is 5.13. The van der Waals surface area contributed by atoms with Crippen LogP contribution in [0.15, 0.2) is 42.5 Å². The van der Waals surface area contributed by atoms with E-state index in [2.05, 4.69) is 0 Å². The summed E-state index contributed by atoms with van der Waals surface area (Å²) in [5, 5.41) is 1.17. The second-order valence-electron chi connectivity index (χ2n) is 3.86. The molecule has 0 amide bonds. The Morgan fingerprint density at radius 3 is 2.00 bits per heavy atom. The van der Waals surface area contributed by atoms with Gasteiger partial charge in [0.15, 0.2) is 11.6 Å². The van der Waals surface area contributed by atoms with E-state index in [9.17, 15) is 13.2 Å². The van der Waals surface area contributed by atoms with Crippen molar-refractivity contribution in [2.75, 3.05) is 0 Å². The van der Waals surface area contributed by atoms with E-state index < -0.39 is 17.5 Å². The fraction of sp³-hybridized carbons (Fsp3) is 0. The number of halogens is 3. The third kappa shape index (κ3) is 1.39. The van der Waals surface area contributed by atoms with Crippen LogP contribution in [0.2, 0.25) is 0 Å². The van der Waals surface area contributed by atoms with Crippen LogP contribution in [-0.2, 0) is 0 Å². The van der Waals surface area contributed by atoms with E-state index in [0.717, 1.165) is 6.07 Å². The van der Waals surface area contributed by atoms with Gasteiger partial charge in [0, 0.05) is 10.8 Å². The molecular formula is C14H7F3. The Bertz CT molecular complexity index is 732. The minimum absolute atomic E-state index is 0.000556. The minimum atomic E-state index is -1.00. The summed E-state index contributed by atoms with van der Waals surface area (Å²) < 4.78 is 40.7. The lowest BCUT2D eigenvalue weighted by molar-refractivity contribution is 0.517. The molecule has 0 spiro atoms. The van der Waals surface area contributed by atoms with Gasteiger partial charge < -0.3 is 0 Å². The molecule has 0 aliphatic heterocycles. The van der Waals surface area contributed by atoms with Crippen LogP contribution < -0.4 is 0 Å². The van der Waals surface area contributed by atoms with Crippen LogP contribution >= 0.6 is 0 Å². The molecule has 0 aliphatic carbocycles. The molecule has 0 heterocycles. The Morgan fingerprint density at radius 2 is 1.24 bits per heavy atom. The third-order valence-electron chi connectivity index (χ3n) is 2.87. The molecule has 0 unspecified atom stereocenters. The zero-order chi connectivity index (χ0) is 12.0. The Labute approximate surface area is 95.3 Å². The quantitative estimate of drug-likeness (QED) is 0.503. The van der Waals surface area contributed by atoms with E-state index in [-0.39, 0.29) is 10.8 Å². The monoisotopic (exact) mass is 232 g/mol. The predicted octanol–water partition coefficient (Wildman–Crippen LogP) is 4.41. The van der Waals surface area contributed by atoms with Crippen molar-refractivity contribution in [3.63, 3.8) is 0 Å². The molecule has 3 aromatic carbocycles. The highest BCUT2D eigenvalue weighted by atomic mass is 19.2. The summed E-state index contributed by atoms with van der Waals surface area (Å²) in [5.74, 6) is -2.51. The summed E-state index contributed by atoms with van der Waals surface area (Å²) >= 11 is 0. The van der Waals surface area contributed by atoms with E-state index in [1.807, 2.05) is 0 Å². The molecule has 0 aliphatic rings. The molecular weight excluding hydrogens is 225 g/mol. The molecule has 0 atom stereocenters. The van der Waals surface area contributed by atoms with Gasteiger partial charge in [0.1, 0.15) is 5.82 Å². The molecule has 3 heteroatoms. The van der Waals surface area contributed by atoms with E-state index in [1.165, 1.54) is 12.1 Å². The average Bonchev–Trinajstić information content (AvgIpc) is 2.34. The fourth-order valence-electron chi connectivity index (χ4n) is 2.08. The van der Waals surface area contributed by atoms with Crippen LogP contribution in [0.25, 0.3) is 21.5 Å². The van der Waals surface area contributed by atoms with Crippen molar-refractivity contribution in [2.24, 2.45) is 0 Å². The molecule has 0 N–H and O–H groups in total. The van der Waals surface area contributed by atoms with Crippen molar-refractivity contribution in [1.82, 2.24) is 0 Å². The maximum Gasteiger partial charge on any atom is 0.167 e. The Balaban J connectivity index is 2.67. The lowest BCUT2D eigenvalue weighted by atomic mass is 10.0. The fourth-order valence-corrected chi connectivity index (χ4v) is 2.08. The van der Waals surface area contributed by atoms with Crippen molar-refractivity contribution >= 4 is 21.5 Å². The summed E-state index contributed by atoms with van der Waals surface area (Å²) in [6.45, 7) is 0. The first-order chi connectivity index (χ1) is 8.18. The Hall–Kier alpha value is -2.03. The van der Waals surface area contributed by atoms with Crippen LogP contribution in [-0.4, -0.2) is 0 Å². The van der Waals surface area contributed by atoms with Crippen molar-refractivity contribution in [1.29, 1.82) is 0 Å². The van der Waals surface area contributed by atoms with E-state index >= 15 is 0 Å². The van der Waals surface area contributed by atoms with Crippen LogP contribution in [0.4, 0.5) is 13.2 Å². The van der Waals surface area contributed by atoms with Gasteiger partial charge in [0.25, 0.3) is 0 Å². The Morgan fingerprint density at radius 1 is 0.588 bits per heavy atom. The van der Waals surface area contributed by atoms with Crippen molar-refractivity contribution in [2.45, 2.75) is 0 Å². The van der Waals surface area contributed by atoms with Crippen molar-refractivity contribution in [3.05, 3.63) is 59.9 Å². The van der Waals surface area contributed by atoms with Gasteiger partial charge in [-0.1, -0.05) is 30.3 Å². The molecule has 3 rings (SSSR count).